The zero-order valence-corrected chi connectivity index (χ0v) is 13.7. The average molecular weight is 362 g/mol. The number of anilines is 1. The van der Waals surface area contributed by atoms with Gasteiger partial charge in [-0.2, -0.15) is 0 Å². The van der Waals surface area contributed by atoms with Gasteiger partial charge in [-0.25, -0.2) is 4.39 Å². The number of carbonyl (C=O) groups is 1. The van der Waals surface area contributed by atoms with Crippen LogP contribution in [0.25, 0.3) is 0 Å². The lowest BCUT2D eigenvalue weighted by Crippen LogP contribution is -2.30. The van der Waals surface area contributed by atoms with Gasteiger partial charge in [0.2, 0.25) is 5.75 Å². The number of hydrogen-bond donors (Lipinski definition) is 1. The standard InChI is InChI=1S/C17H15FN2O6/c1-10(26-15-8-11(18)2-4-13(15)20(22)23)17(21)19-12-3-5-14-16(9-12)25-7-6-24-14/h2-5,8-10H,6-7H2,1H3,(H,19,21)/t10-/m0/s1. The minimum atomic E-state index is -1.09. The van der Waals surface area contributed by atoms with Crippen LogP contribution in [0.2, 0.25) is 0 Å². The number of nitrogens with one attached hydrogen (secondary N) is 1. The third-order valence-corrected chi connectivity index (χ3v) is 3.60. The van der Waals surface area contributed by atoms with Gasteiger partial charge in [-0.15, -0.1) is 0 Å². The van der Waals surface area contributed by atoms with Gasteiger partial charge < -0.3 is 19.5 Å². The Morgan fingerprint density at radius 1 is 1.23 bits per heavy atom. The molecule has 0 radical (unpaired) electrons. The molecule has 0 aliphatic carbocycles. The molecule has 0 aromatic heterocycles. The summed E-state index contributed by atoms with van der Waals surface area (Å²) in [6.45, 7) is 2.27. The molecule has 1 N–H and O–H groups in total. The van der Waals surface area contributed by atoms with E-state index in [0.717, 1.165) is 18.2 Å². The maximum absolute atomic E-state index is 13.3. The smallest absolute Gasteiger partial charge is 0.311 e. The van der Waals surface area contributed by atoms with Gasteiger partial charge in [0, 0.05) is 23.9 Å². The quantitative estimate of drug-likeness (QED) is 0.648. The number of hydrogen-bond acceptors (Lipinski definition) is 6. The zero-order valence-electron chi connectivity index (χ0n) is 13.7. The molecule has 0 unspecified atom stereocenters. The van der Waals surface area contributed by atoms with Crippen molar-refractivity contribution < 1.29 is 28.3 Å². The molecule has 0 saturated heterocycles. The second kappa shape index (κ2) is 7.26. The van der Waals surface area contributed by atoms with E-state index in [2.05, 4.69) is 5.32 Å². The number of benzene rings is 2. The number of carbonyl (C=O) groups excluding carboxylic acids is 1. The van der Waals surface area contributed by atoms with Crippen molar-refractivity contribution in [2.24, 2.45) is 0 Å². The summed E-state index contributed by atoms with van der Waals surface area (Å²) in [6.07, 6.45) is -1.09. The number of halogens is 1. The first kappa shape index (κ1) is 17.5. The van der Waals surface area contributed by atoms with Gasteiger partial charge >= 0.3 is 5.69 Å². The van der Waals surface area contributed by atoms with Crippen molar-refractivity contribution in [3.8, 4) is 17.2 Å². The highest BCUT2D eigenvalue weighted by Crippen LogP contribution is 2.33. The SMILES string of the molecule is C[C@H](Oc1cc(F)ccc1[N+](=O)[O-])C(=O)Nc1ccc2c(c1)OCCO2. The molecular weight excluding hydrogens is 347 g/mol. The van der Waals surface area contributed by atoms with E-state index in [1.54, 1.807) is 18.2 Å². The lowest BCUT2D eigenvalue weighted by molar-refractivity contribution is -0.386. The number of amides is 1. The Hall–Kier alpha value is -3.36. The Morgan fingerprint density at radius 3 is 2.69 bits per heavy atom. The van der Waals surface area contributed by atoms with Gasteiger partial charge in [0.1, 0.15) is 19.0 Å². The van der Waals surface area contributed by atoms with Gasteiger partial charge in [-0.05, 0) is 25.1 Å². The lowest BCUT2D eigenvalue weighted by Gasteiger charge is -2.19. The Labute approximate surface area is 147 Å². The molecule has 1 aliphatic heterocycles. The molecule has 1 aliphatic rings. The molecule has 1 amide bonds. The molecule has 1 atom stereocenters. The van der Waals surface area contributed by atoms with Crippen molar-refractivity contribution in [2.75, 3.05) is 18.5 Å². The number of ether oxygens (including phenoxy) is 3. The third-order valence-electron chi connectivity index (χ3n) is 3.60. The first-order chi connectivity index (χ1) is 12.4. The molecule has 0 spiro atoms. The second-order valence-electron chi connectivity index (χ2n) is 5.48. The van der Waals surface area contributed by atoms with Crippen molar-refractivity contribution in [3.63, 3.8) is 0 Å². The van der Waals surface area contributed by atoms with Crippen molar-refractivity contribution in [1.82, 2.24) is 0 Å². The van der Waals surface area contributed by atoms with E-state index in [1.165, 1.54) is 6.92 Å². The van der Waals surface area contributed by atoms with Crippen LogP contribution in [0.1, 0.15) is 6.92 Å². The zero-order chi connectivity index (χ0) is 18.7. The van der Waals surface area contributed by atoms with Crippen LogP contribution in [0.3, 0.4) is 0 Å². The van der Waals surface area contributed by atoms with E-state index in [1.807, 2.05) is 0 Å². The number of fused-ring (bicyclic) bond motifs is 1. The highest BCUT2D eigenvalue weighted by molar-refractivity contribution is 5.94. The summed E-state index contributed by atoms with van der Waals surface area (Å²) in [5, 5.41) is 13.6. The first-order valence-corrected chi connectivity index (χ1v) is 7.75. The summed E-state index contributed by atoms with van der Waals surface area (Å²) in [4.78, 5) is 22.6. The van der Waals surface area contributed by atoms with Crippen LogP contribution in [0.4, 0.5) is 15.8 Å². The maximum Gasteiger partial charge on any atom is 0.311 e. The molecule has 2 aromatic rings. The molecule has 26 heavy (non-hydrogen) atoms. The van der Waals surface area contributed by atoms with Crippen LogP contribution in [-0.2, 0) is 4.79 Å². The van der Waals surface area contributed by atoms with Crippen LogP contribution in [0, 0.1) is 15.9 Å². The van der Waals surface area contributed by atoms with Crippen LogP contribution < -0.4 is 19.5 Å². The van der Waals surface area contributed by atoms with Crippen molar-refractivity contribution >= 4 is 17.3 Å². The van der Waals surface area contributed by atoms with Crippen molar-refractivity contribution in [2.45, 2.75) is 13.0 Å². The second-order valence-corrected chi connectivity index (χ2v) is 5.48. The summed E-state index contributed by atoms with van der Waals surface area (Å²) in [6, 6.07) is 7.69. The van der Waals surface area contributed by atoms with Gasteiger partial charge in [-0.3, -0.25) is 14.9 Å². The Kier molecular flexibility index (Phi) is 4.87. The normalized spacial score (nSPS) is 13.6. The Morgan fingerprint density at radius 2 is 1.96 bits per heavy atom. The fourth-order valence-corrected chi connectivity index (χ4v) is 2.34. The molecule has 0 bridgehead atoms. The van der Waals surface area contributed by atoms with E-state index in [-0.39, 0.29) is 5.75 Å². The molecule has 3 rings (SSSR count). The molecule has 0 fully saturated rings. The monoisotopic (exact) mass is 362 g/mol. The molecule has 2 aromatic carbocycles. The topological polar surface area (TPSA) is 99.9 Å². The summed E-state index contributed by atoms with van der Waals surface area (Å²) in [5.74, 6) is -0.498. The van der Waals surface area contributed by atoms with Crippen LogP contribution in [0.5, 0.6) is 17.2 Å². The summed E-state index contributed by atoms with van der Waals surface area (Å²) in [7, 11) is 0. The third kappa shape index (κ3) is 3.82. The molecule has 136 valence electrons. The van der Waals surface area contributed by atoms with Gasteiger partial charge in [-0.1, -0.05) is 0 Å². The molecular formula is C17H15FN2O6. The fourth-order valence-electron chi connectivity index (χ4n) is 2.34. The number of rotatable bonds is 5. The summed E-state index contributed by atoms with van der Waals surface area (Å²) >= 11 is 0. The Bertz CT molecular complexity index is 857. The predicted octanol–water partition coefficient (Wildman–Crippen LogP) is 2.91. The summed E-state index contributed by atoms with van der Waals surface area (Å²) in [5.41, 5.74) is 0.0221. The van der Waals surface area contributed by atoms with Crippen molar-refractivity contribution in [1.29, 1.82) is 0 Å². The van der Waals surface area contributed by atoms with E-state index in [9.17, 15) is 19.3 Å². The van der Waals surface area contributed by atoms with E-state index in [4.69, 9.17) is 14.2 Å². The van der Waals surface area contributed by atoms with Crippen LogP contribution in [-0.4, -0.2) is 30.1 Å². The van der Waals surface area contributed by atoms with Crippen LogP contribution >= 0.6 is 0 Å². The van der Waals surface area contributed by atoms with Gasteiger partial charge in [0.15, 0.2) is 17.6 Å². The highest BCUT2D eigenvalue weighted by Gasteiger charge is 2.22. The highest BCUT2D eigenvalue weighted by atomic mass is 19.1. The van der Waals surface area contributed by atoms with E-state index in [0.29, 0.717) is 30.4 Å². The van der Waals surface area contributed by atoms with Gasteiger partial charge in [0.25, 0.3) is 5.91 Å². The largest absolute Gasteiger partial charge is 0.486 e. The van der Waals surface area contributed by atoms with E-state index >= 15 is 0 Å². The molecule has 9 heteroatoms. The number of nitro benzene ring substituents is 1. The Balaban J connectivity index is 1.71. The summed E-state index contributed by atoms with van der Waals surface area (Å²) < 4.78 is 29.5. The van der Waals surface area contributed by atoms with E-state index < -0.39 is 28.4 Å². The van der Waals surface area contributed by atoms with Crippen molar-refractivity contribution in [3.05, 3.63) is 52.3 Å². The fraction of sp³-hybridized carbons (Fsp3) is 0.235. The predicted molar refractivity (Wildman–Crippen MR) is 89.2 cm³/mol. The molecule has 8 nitrogen and oxygen atoms in total. The molecule has 1 heterocycles. The average Bonchev–Trinajstić information content (AvgIpc) is 2.61. The van der Waals surface area contributed by atoms with Crippen LogP contribution in [0.15, 0.2) is 36.4 Å². The minimum Gasteiger partial charge on any atom is -0.486 e. The lowest BCUT2D eigenvalue weighted by atomic mass is 10.2. The number of nitrogens with zero attached hydrogens (tertiary/aromatic N) is 1. The van der Waals surface area contributed by atoms with Gasteiger partial charge in [0.05, 0.1) is 4.92 Å². The first-order valence-electron chi connectivity index (χ1n) is 7.75. The number of nitro groups is 1. The molecule has 0 saturated carbocycles. The minimum absolute atomic E-state index is 0.320. The maximum atomic E-state index is 13.3.